The number of carbonyl (C=O) groups is 1. The van der Waals surface area contributed by atoms with Crippen LogP contribution in [0.3, 0.4) is 0 Å². The summed E-state index contributed by atoms with van der Waals surface area (Å²) >= 11 is 5.94. The number of nitrogens with zero attached hydrogens (tertiary/aromatic N) is 2. The van der Waals surface area contributed by atoms with Gasteiger partial charge in [-0.3, -0.25) is 9.78 Å². The van der Waals surface area contributed by atoms with Crippen molar-refractivity contribution in [3.8, 4) is 5.75 Å². The standard InChI is InChI=1S/C18H19ClN2O3/c19-16-10-14(3-4-17(16)22)18(23)21(12-15-2-1-9-24-15)11-13-5-7-20-8-6-13/h3-8,10,15,22H,1-2,9,11-12H2. The van der Waals surface area contributed by atoms with E-state index in [0.717, 1.165) is 25.0 Å². The number of carbonyl (C=O) groups excluding carboxylic acids is 1. The monoisotopic (exact) mass is 346 g/mol. The molecule has 1 aromatic heterocycles. The first-order valence-corrected chi connectivity index (χ1v) is 8.29. The van der Waals surface area contributed by atoms with Crippen LogP contribution < -0.4 is 0 Å². The first-order chi connectivity index (χ1) is 11.6. The van der Waals surface area contributed by atoms with Gasteiger partial charge in [0.1, 0.15) is 5.75 Å². The Morgan fingerprint density at radius 1 is 1.33 bits per heavy atom. The predicted octanol–water partition coefficient (Wildman–Crippen LogP) is 3.26. The van der Waals surface area contributed by atoms with Gasteiger partial charge >= 0.3 is 0 Å². The van der Waals surface area contributed by atoms with E-state index in [2.05, 4.69) is 4.98 Å². The molecule has 0 radical (unpaired) electrons. The Hall–Kier alpha value is -2.11. The summed E-state index contributed by atoms with van der Waals surface area (Å²) in [5.74, 6) is -0.169. The van der Waals surface area contributed by atoms with Crippen LogP contribution in [0.15, 0.2) is 42.7 Å². The summed E-state index contributed by atoms with van der Waals surface area (Å²) in [5.41, 5.74) is 1.45. The van der Waals surface area contributed by atoms with Crippen LogP contribution >= 0.6 is 11.6 Å². The number of phenols is 1. The minimum atomic E-state index is -0.135. The van der Waals surface area contributed by atoms with E-state index in [4.69, 9.17) is 16.3 Å². The molecule has 0 spiro atoms. The molecule has 126 valence electrons. The largest absolute Gasteiger partial charge is 0.506 e. The van der Waals surface area contributed by atoms with Crippen LogP contribution in [0.1, 0.15) is 28.8 Å². The number of hydrogen-bond donors (Lipinski definition) is 1. The number of benzene rings is 1. The number of phenolic OH excluding ortho intramolecular Hbond substituents is 1. The fourth-order valence-corrected chi connectivity index (χ4v) is 2.97. The molecule has 0 aliphatic carbocycles. The molecule has 5 nitrogen and oxygen atoms in total. The summed E-state index contributed by atoms with van der Waals surface area (Å²) in [7, 11) is 0. The van der Waals surface area contributed by atoms with Gasteiger partial charge in [0.25, 0.3) is 5.91 Å². The molecule has 6 heteroatoms. The molecule has 1 fully saturated rings. The van der Waals surface area contributed by atoms with Crippen molar-refractivity contribution in [3.05, 3.63) is 58.9 Å². The maximum Gasteiger partial charge on any atom is 0.254 e. The van der Waals surface area contributed by atoms with Crippen molar-refractivity contribution in [2.24, 2.45) is 0 Å². The Morgan fingerprint density at radius 3 is 2.79 bits per heavy atom. The van der Waals surface area contributed by atoms with Crippen molar-refractivity contribution in [2.45, 2.75) is 25.5 Å². The van der Waals surface area contributed by atoms with Gasteiger partial charge < -0.3 is 14.7 Å². The molecule has 0 bridgehead atoms. The minimum absolute atomic E-state index is 0.0342. The van der Waals surface area contributed by atoms with Crippen LogP contribution in [0, 0.1) is 0 Å². The van der Waals surface area contributed by atoms with Gasteiger partial charge in [0, 0.05) is 37.7 Å². The second-order valence-electron chi connectivity index (χ2n) is 5.84. The number of hydrogen-bond acceptors (Lipinski definition) is 4. The molecule has 2 heterocycles. The average molecular weight is 347 g/mol. The van der Waals surface area contributed by atoms with E-state index in [1.165, 1.54) is 12.1 Å². The topological polar surface area (TPSA) is 62.7 Å². The molecule has 1 aliphatic heterocycles. The van der Waals surface area contributed by atoms with Crippen molar-refractivity contribution >= 4 is 17.5 Å². The summed E-state index contributed by atoms with van der Waals surface area (Å²) in [4.78, 5) is 18.7. The molecule has 1 saturated heterocycles. The van der Waals surface area contributed by atoms with Crippen LogP contribution in [0.2, 0.25) is 5.02 Å². The minimum Gasteiger partial charge on any atom is -0.506 e. The molecule has 1 N–H and O–H groups in total. The van der Waals surface area contributed by atoms with E-state index in [1.807, 2.05) is 12.1 Å². The van der Waals surface area contributed by atoms with E-state index in [0.29, 0.717) is 18.7 Å². The smallest absolute Gasteiger partial charge is 0.254 e. The SMILES string of the molecule is O=C(c1ccc(O)c(Cl)c1)N(Cc1ccncc1)CC1CCCO1. The number of amides is 1. The van der Waals surface area contributed by atoms with E-state index in [9.17, 15) is 9.90 Å². The number of rotatable bonds is 5. The van der Waals surface area contributed by atoms with Crippen molar-refractivity contribution in [1.82, 2.24) is 9.88 Å². The van der Waals surface area contributed by atoms with Gasteiger partial charge in [0.15, 0.2) is 0 Å². The van der Waals surface area contributed by atoms with Crippen molar-refractivity contribution in [2.75, 3.05) is 13.2 Å². The first-order valence-electron chi connectivity index (χ1n) is 7.92. The lowest BCUT2D eigenvalue weighted by Gasteiger charge is -2.26. The van der Waals surface area contributed by atoms with Gasteiger partial charge in [0.2, 0.25) is 0 Å². The summed E-state index contributed by atoms with van der Waals surface area (Å²) in [5, 5.41) is 9.71. The Labute approximate surface area is 145 Å². The van der Waals surface area contributed by atoms with E-state index in [-0.39, 0.29) is 22.8 Å². The summed E-state index contributed by atoms with van der Waals surface area (Å²) in [6, 6.07) is 8.29. The summed E-state index contributed by atoms with van der Waals surface area (Å²) < 4.78 is 5.68. The van der Waals surface area contributed by atoms with Gasteiger partial charge in [-0.1, -0.05) is 11.6 Å². The highest BCUT2D eigenvalue weighted by molar-refractivity contribution is 6.32. The maximum atomic E-state index is 12.9. The van der Waals surface area contributed by atoms with Gasteiger partial charge in [-0.05, 0) is 48.7 Å². The van der Waals surface area contributed by atoms with Crippen LogP contribution in [0.5, 0.6) is 5.75 Å². The molecule has 1 unspecified atom stereocenters. The van der Waals surface area contributed by atoms with Crippen LogP contribution in [-0.4, -0.2) is 40.2 Å². The molecule has 24 heavy (non-hydrogen) atoms. The molecule has 3 rings (SSSR count). The average Bonchev–Trinajstić information content (AvgIpc) is 3.10. The third kappa shape index (κ3) is 4.04. The zero-order chi connectivity index (χ0) is 16.9. The normalized spacial score (nSPS) is 17.0. The van der Waals surface area contributed by atoms with Crippen molar-refractivity contribution in [1.29, 1.82) is 0 Å². The molecule has 1 aliphatic rings. The van der Waals surface area contributed by atoms with Crippen molar-refractivity contribution in [3.63, 3.8) is 0 Å². The summed E-state index contributed by atoms with van der Waals surface area (Å²) in [6.07, 6.45) is 5.45. The zero-order valence-electron chi connectivity index (χ0n) is 13.2. The summed E-state index contributed by atoms with van der Waals surface area (Å²) in [6.45, 7) is 1.74. The number of pyridine rings is 1. The van der Waals surface area contributed by atoms with Gasteiger partial charge in [-0.25, -0.2) is 0 Å². The fourth-order valence-electron chi connectivity index (χ4n) is 2.78. The van der Waals surface area contributed by atoms with Crippen LogP contribution in [0.25, 0.3) is 0 Å². The lowest BCUT2D eigenvalue weighted by Crippen LogP contribution is -2.37. The number of halogens is 1. The van der Waals surface area contributed by atoms with E-state index < -0.39 is 0 Å². The molecular weight excluding hydrogens is 328 g/mol. The molecule has 1 aromatic carbocycles. The zero-order valence-corrected chi connectivity index (χ0v) is 13.9. The van der Waals surface area contributed by atoms with E-state index >= 15 is 0 Å². The lowest BCUT2D eigenvalue weighted by molar-refractivity contribution is 0.0507. The van der Waals surface area contributed by atoms with Crippen LogP contribution in [-0.2, 0) is 11.3 Å². The Morgan fingerprint density at radius 2 is 2.12 bits per heavy atom. The molecule has 1 amide bonds. The Bertz CT molecular complexity index is 703. The fraction of sp³-hybridized carbons (Fsp3) is 0.333. The third-order valence-corrected chi connectivity index (χ3v) is 4.36. The first kappa shape index (κ1) is 16.7. The Balaban J connectivity index is 1.81. The second-order valence-corrected chi connectivity index (χ2v) is 6.25. The third-order valence-electron chi connectivity index (χ3n) is 4.05. The highest BCUT2D eigenvalue weighted by atomic mass is 35.5. The molecule has 1 atom stereocenters. The number of aromatic nitrogens is 1. The van der Waals surface area contributed by atoms with Crippen molar-refractivity contribution < 1.29 is 14.6 Å². The predicted molar refractivity (Wildman–Crippen MR) is 91.1 cm³/mol. The molecular formula is C18H19ClN2O3. The molecule has 2 aromatic rings. The van der Waals surface area contributed by atoms with Gasteiger partial charge in [-0.2, -0.15) is 0 Å². The second kappa shape index (κ2) is 7.64. The lowest BCUT2D eigenvalue weighted by atomic mass is 10.1. The maximum absolute atomic E-state index is 12.9. The highest BCUT2D eigenvalue weighted by Crippen LogP contribution is 2.25. The number of aromatic hydroxyl groups is 1. The van der Waals surface area contributed by atoms with Gasteiger partial charge in [-0.15, -0.1) is 0 Å². The highest BCUT2D eigenvalue weighted by Gasteiger charge is 2.24. The van der Waals surface area contributed by atoms with E-state index in [1.54, 1.807) is 23.4 Å². The Kier molecular flexibility index (Phi) is 5.33. The quantitative estimate of drug-likeness (QED) is 0.902. The van der Waals surface area contributed by atoms with Gasteiger partial charge in [0.05, 0.1) is 11.1 Å². The molecule has 0 saturated carbocycles. The number of ether oxygens (including phenoxy) is 1. The van der Waals surface area contributed by atoms with Crippen LogP contribution in [0.4, 0.5) is 0 Å².